The first-order chi connectivity index (χ1) is 15.6. The lowest BCUT2D eigenvalue weighted by Crippen LogP contribution is -2.45. The Bertz CT molecular complexity index is 1200. The van der Waals surface area contributed by atoms with Crippen molar-refractivity contribution in [1.29, 1.82) is 0 Å². The van der Waals surface area contributed by atoms with E-state index in [0.717, 1.165) is 27.1 Å². The molecule has 0 saturated heterocycles. The lowest BCUT2D eigenvalue weighted by atomic mass is 9.92. The molecule has 1 amide bonds. The van der Waals surface area contributed by atoms with Crippen LogP contribution < -0.4 is 5.32 Å². The molecule has 0 aliphatic heterocycles. The van der Waals surface area contributed by atoms with E-state index in [4.69, 9.17) is 9.47 Å². The molecule has 2 atom stereocenters. The molecule has 0 aliphatic carbocycles. The van der Waals surface area contributed by atoms with Crippen molar-refractivity contribution in [3.8, 4) is 0 Å². The van der Waals surface area contributed by atoms with Gasteiger partial charge in [0.1, 0.15) is 6.04 Å². The lowest BCUT2D eigenvalue weighted by Gasteiger charge is -2.22. The minimum absolute atomic E-state index is 0.297. The number of ether oxygens (including phenoxy) is 2. The first-order valence-electron chi connectivity index (χ1n) is 10.5. The van der Waals surface area contributed by atoms with Gasteiger partial charge in [-0.3, -0.25) is 4.79 Å². The third-order valence-electron chi connectivity index (χ3n) is 5.67. The summed E-state index contributed by atoms with van der Waals surface area (Å²) in [6.45, 7) is 0. The predicted molar refractivity (Wildman–Crippen MR) is 125 cm³/mol. The van der Waals surface area contributed by atoms with Crippen LogP contribution in [-0.4, -0.2) is 32.1 Å². The number of esters is 1. The first kappa shape index (κ1) is 21.5. The third-order valence-corrected chi connectivity index (χ3v) is 5.67. The Balaban J connectivity index is 1.71. The summed E-state index contributed by atoms with van der Waals surface area (Å²) in [7, 11) is 2.80. The Kier molecular flexibility index (Phi) is 6.47. The second-order valence-corrected chi connectivity index (χ2v) is 7.61. The van der Waals surface area contributed by atoms with Gasteiger partial charge < -0.3 is 14.8 Å². The van der Waals surface area contributed by atoms with Crippen LogP contribution in [0.4, 0.5) is 0 Å². The van der Waals surface area contributed by atoms with Crippen LogP contribution in [0.2, 0.25) is 0 Å². The summed E-state index contributed by atoms with van der Waals surface area (Å²) in [5.41, 5.74) is 1.70. The van der Waals surface area contributed by atoms with E-state index in [0.29, 0.717) is 12.0 Å². The van der Waals surface area contributed by atoms with E-state index in [1.165, 1.54) is 14.2 Å². The van der Waals surface area contributed by atoms with E-state index in [1.54, 1.807) is 0 Å². The highest BCUT2D eigenvalue weighted by molar-refractivity contribution is 6.02. The average Bonchev–Trinajstić information content (AvgIpc) is 2.84. The quantitative estimate of drug-likeness (QED) is 0.346. The fraction of sp³-hybridized carbons (Fsp3) is 0.185. The van der Waals surface area contributed by atoms with Gasteiger partial charge in [0.15, 0.2) is 6.10 Å². The van der Waals surface area contributed by atoms with Crippen LogP contribution in [0, 0.1) is 0 Å². The maximum Gasteiger partial charge on any atom is 0.328 e. The average molecular weight is 428 g/mol. The fourth-order valence-electron chi connectivity index (χ4n) is 4.14. The highest BCUT2D eigenvalue weighted by Gasteiger charge is 2.28. The smallest absolute Gasteiger partial charge is 0.328 e. The van der Waals surface area contributed by atoms with Gasteiger partial charge in [-0.2, -0.15) is 0 Å². The number of carbonyl (C=O) groups excluding carboxylic acids is 2. The fourth-order valence-corrected chi connectivity index (χ4v) is 4.14. The molecule has 0 heterocycles. The highest BCUT2D eigenvalue weighted by atomic mass is 16.5. The van der Waals surface area contributed by atoms with Gasteiger partial charge >= 0.3 is 5.97 Å². The van der Waals surface area contributed by atoms with Crippen molar-refractivity contribution in [2.45, 2.75) is 18.6 Å². The van der Waals surface area contributed by atoms with Crippen molar-refractivity contribution >= 4 is 33.4 Å². The van der Waals surface area contributed by atoms with Crippen molar-refractivity contribution in [3.05, 3.63) is 96.1 Å². The zero-order valence-corrected chi connectivity index (χ0v) is 18.1. The van der Waals surface area contributed by atoms with Gasteiger partial charge in [0.05, 0.1) is 7.11 Å². The summed E-state index contributed by atoms with van der Waals surface area (Å²) < 4.78 is 10.5. The summed E-state index contributed by atoms with van der Waals surface area (Å²) in [5.74, 6) is -0.892. The van der Waals surface area contributed by atoms with Crippen molar-refractivity contribution in [3.63, 3.8) is 0 Å². The molecule has 0 aliphatic rings. The summed E-state index contributed by atoms with van der Waals surface area (Å²) >= 11 is 0. The molecule has 0 radical (unpaired) electrons. The molecule has 0 aromatic heterocycles. The molecule has 5 nitrogen and oxygen atoms in total. The molecule has 0 saturated carbocycles. The van der Waals surface area contributed by atoms with Crippen molar-refractivity contribution in [2.75, 3.05) is 14.2 Å². The Hall–Kier alpha value is -3.70. The number of carbonyl (C=O) groups is 2. The molecule has 0 fully saturated rings. The van der Waals surface area contributed by atoms with Gasteiger partial charge in [-0.1, -0.05) is 78.9 Å². The van der Waals surface area contributed by atoms with E-state index >= 15 is 0 Å². The number of methoxy groups -OCH3 is 2. The molecular formula is C27H25NO4. The topological polar surface area (TPSA) is 64.6 Å². The van der Waals surface area contributed by atoms with E-state index in [-0.39, 0.29) is 0 Å². The Morgan fingerprint density at radius 2 is 1.38 bits per heavy atom. The number of hydrogen-bond donors (Lipinski definition) is 1. The Labute approximate surface area is 187 Å². The third kappa shape index (κ3) is 4.34. The summed E-state index contributed by atoms with van der Waals surface area (Å²) in [5, 5.41) is 7.10. The maximum atomic E-state index is 13.1. The normalized spacial score (nSPS) is 12.9. The zero-order valence-electron chi connectivity index (χ0n) is 18.1. The molecule has 0 spiro atoms. The van der Waals surface area contributed by atoms with Gasteiger partial charge in [-0.15, -0.1) is 0 Å². The monoisotopic (exact) mass is 427 g/mol. The number of hydrogen-bond acceptors (Lipinski definition) is 4. The molecule has 1 N–H and O–H groups in total. The maximum absolute atomic E-state index is 13.1. The van der Waals surface area contributed by atoms with Crippen LogP contribution >= 0.6 is 0 Å². The molecule has 0 unspecified atom stereocenters. The minimum atomic E-state index is -0.858. The number of nitrogens with one attached hydrogen (secondary N) is 1. The summed E-state index contributed by atoms with van der Waals surface area (Å²) in [4.78, 5) is 25.8. The van der Waals surface area contributed by atoms with Crippen LogP contribution in [0.25, 0.3) is 21.5 Å². The summed E-state index contributed by atoms with van der Waals surface area (Å²) in [6, 6.07) is 26.6. The second kappa shape index (κ2) is 9.62. The highest BCUT2D eigenvalue weighted by Crippen LogP contribution is 2.30. The van der Waals surface area contributed by atoms with Gasteiger partial charge in [-0.25, -0.2) is 4.79 Å². The largest absolute Gasteiger partial charge is 0.467 e. The minimum Gasteiger partial charge on any atom is -0.467 e. The van der Waals surface area contributed by atoms with E-state index in [9.17, 15) is 9.59 Å². The first-order valence-corrected chi connectivity index (χ1v) is 10.5. The molecule has 4 rings (SSSR count). The SMILES string of the molecule is COC(=O)[C@@H](Cc1c2ccccc2cc2ccccc12)NC(=O)[C@H](OC)c1ccccc1. The van der Waals surface area contributed by atoms with Gasteiger partial charge in [-0.05, 0) is 38.7 Å². The molecule has 5 heteroatoms. The van der Waals surface area contributed by atoms with Gasteiger partial charge in [0.25, 0.3) is 5.91 Å². The van der Waals surface area contributed by atoms with Crippen LogP contribution in [-0.2, 0) is 25.5 Å². The second-order valence-electron chi connectivity index (χ2n) is 7.61. The molecule has 32 heavy (non-hydrogen) atoms. The Morgan fingerprint density at radius 1 is 0.812 bits per heavy atom. The Morgan fingerprint density at radius 3 is 1.94 bits per heavy atom. The van der Waals surface area contributed by atoms with Gasteiger partial charge in [0.2, 0.25) is 0 Å². The van der Waals surface area contributed by atoms with Crippen LogP contribution in [0.1, 0.15) is 17.2 Å². The number of benzene rings is 4. The van der Waals surface area contributed by atoms with Crippen LogP contribution in [0.15, 0.2) is 84.9 Å². The standard InChI is InChI=1S/C27H25NO4/c1-31-25(18-10-4-3-5-11-18)26(29)28-24(27(30)32-2)17-23-21-14-8-6-12-19(21)16-20-13-7-9-15-22(20)23/h3-16,24-25H,17H2,1-2H3,(H,28,29)/t24-,25-/m1/s1. The number of amides is 1. The lowest BCUT2D eigenvalue weighted by molar-refractivity contribution is -0.146. The predicted octanol–water partition coefficient (Wildman–Crippen LogP) is 4.58. The van der Waals surface area contributed by atoms with Crippen LogP contribution in [0.5, 0.6) is 0 Å². The van der Waals surface area contributed by atoms with E-state index < -0.39 is 24.0 Å². The molecular weight excluding hydrogens is 402 g/mol. The number of fused-ring (bicyclic) bond motifs is 2. The summed E-state index contributed by atoms with van der Waals surface area (Å²) in [6.07, 6.45) is -0.529. The van der Waals surface area contributed by atoms with Crippen LogP contribution in [0.3, 0.4) is 0 Å². The van der Waals surface area contributed by atoms with Crippen molar-refractivity contribution in [2.24, 2.45) is 0 Å². The van der Waals surface area contributed by atoms with E-state index in [1.807, 2.05) is 78.9 Å². The zero-order chi connectivity index (χ0) is 22.5. The van der Waals surface area contributed by atoms with E-state index in [2.05, 4.69) is 11.4 Å². The molecule has 4 aromatic carbocycles. The number of rotatable bonds is 7. The molecule has 4 aromatic rings. The molecule has 162 valence electrons. The van der Waals surface area contributed by atoms with Crippen molar-refractivity contribution < 1.29 is 19.1 Å². The van der Waals surface area contributed by atoms with Crippen molar-refractivity contribution in [1.82, 2.24) is 5.32 Å². The molecule has 0 bridgehead atoms. The van der Waals surface area contributed by atoms with Gasteiger partial charge in [0, 0.05) is 13.5 Å².